The molecule has 0 saturated carbocycles. The smallest absolute Gasteiger partial charge is 0.256 e. The van der Waals surface area contributed by atoms with Crippen molar-refractivity contribution in [1.29, 1.82) is 0 Å². The second-order valence-electron chi connectivity index (χ2n) is 5.15. The summed E-state index contributed by atoms with van der Waals surface area (Å²) in [6, 6.07) is -0.0675. The van der Waals surface area contributed by atoms with Crippen LogP contribution in [0, 0.1) is 0 Å². The molecule has 112 valence electrons. The number of sulfone groups is 1. The molecule has 0 radical (unpaired) electrons. The van der Waals surface area contributed by atoms with Crippen LogP contribution in [0.1, 0.15) is 51.9 Å². The third kappa shape index (κ3) is 7.72. The van der Waals surface area contributed by atoms with Crippen molar-refractivity contribution in [3.05, 3.63) is 0 Å². The Labute approximate surface area is 122 Å². The molecule has 0 aromatic carbocycles. The van der Waals surface area contributed by atoms with Crippen LogP contribution in [0.25, 0.3) is 0 Å². The van der Waals surface area contributed by atoms with E-state index in [1.54, 1.807) is 0 Å². The minimum Gasteiger partial charge on any atom is -0.471 e. The Balaban J connectivity index is 2.00. The Hall–Kier alpha value is -0.360. The molecule has 1 saturated heterocycles. The fourth-order valence-corrected chi connectivity index (χ4v) is 4.09. The van der Waals surface area contributed by atoms with Crippen molar-refractivity contribution < 1.29 is 13.2 Å². The topological polar surface area (TPSA) is 55.4 Å². The molecule has 1 fully saturated rings. The van der Waals surface area contributed by atoms with Crippen molar-refractivity contribution in [2.75, 3.05) is 18.1 Å². The van der Waals surface area contributed by atoms with Gasteiger partial charge in [0.05, 0.1) is 18.1 Å². The SMILES string of the molecule is CCCCCCCCOC(=S)NC1CCS(=O)(=O)C1. The predicted molar refractivity (Wildman–Crippen MR) is 82.1 cm³/mol. The van der Waals surface area contributed by atoms with Gasteiger partial charge in [0, 0.05) is 6.04 Å². The first-order chi connectivity index (χ1) is 9.03. The van der Waals surface area contributed by atoms with Crippen LogP contribution < -0.4 is 5.32 Å². The third-order valence-electron chi connectivity index (χ3n) is 3.29. The zero-order chi connectivity index (χ0) is 14.1. The summed E-state index contributed by atoms with van der Waals surface area (Å²) in [6.45, 7) is 2.83. The van der Waals surface area contributed by atoms with Gasteiger partial charge in [-0.05, 0) is 25.1 Å². The van der Waals surface area contributed by atoms with E-state index >= 15 is 0 Å². The van der Waals surface area contributed by atoms with Crippen LogP contribution >= 0.6 is 12.2 Å². The minimum absolute atomic E-state index is 0.0675. The second kappa shape index (κ2) is 8.74. The average Bonchev–Trinajstić information content (AvgIpc) is 2.67. The highest BCUT2D eigenvalue weighted by atomic mass is 32.2. The normalized spacial score (nSPS) is 21.2. The van der Waals surface area contributed by atoms with Gasteiger partial charge in [0.15, 0.2) is 9.84 Å². The fourth-order valence-electron chi connectivity index (χ4n) is 2.16. The van der Waals surface area contributed by atoms with Crippen LogP contribution in [0.2, 0.25) is 0 Å². The standard InChI is InChI=1S/C13H25NO3S2/c1-2-3-4-5-6-7-9-17-13(18)14-12-8-10-19(15,16)11-12/h12H,2-11H2,1H3,(H,14,18). The van der Waals surface area contributed by atoms with Crippen molar-refractivity contribution in [1.82, 2.24) is 5.32 Å². The maximum Gasteiger partial charge on any atom is 0.256 e. The summed E-state index contributed by atoms with van der Waals surface area (Å²) >= 11 is 5.06. The zero-order valence-electron chi connectivity index (χ0n) is 11.7. The van der Waals surface area contributed by atoms with Gasteiger partial charge >= 0.3 is 0 Å². The highest BCUT2D eigenvalue weighted by Gasteiger charge is 2.28. The Morgan fingerprint density at radius 2 is 1.95 bits per heavy atom. The molecule has 0 amide bonds. The Kier molecular flexibility index (Phi) is 7.68. The van der Waals surface area contributed by atoms with E-state index in [1.165, 1.54) is 32.1 Å². The maximum absolute atomic E-state index is 11.3. The first-order valence-corrected chi connectivity index (χ1v) is 9.40. The minimum atomic E-state index is -2.86. The molecule has 1 rings (SSSR count). The Morgan fingerprint density at radius 1 is 1.26 bits per heavy atom. The Morgan fingerprint density at radius 3 is 2.58 bits per heavy atom. The lowest BCUT2D eigenvalue weighted by atomic mass is 10.1. The van der Waals surface area contributed by atoms with Crippen molar-refractivity contribution in [3.8, 4) is 0 Å². The predicted octanol–water partition coefficient (Wildman–Crippen LogP) is 2.43. The van der Waals surface area contributed by atoms with Crippen LogP contribution in [0.3, 0.4) is 0 Å². The van der Waals surface area contributed by atoms with Gasteiger partial charge in [0.25, 0.3) is 5.17 Å². The lowest BCUT2D eigenvalue weighted by Gasteiger charge is -2.13. The summed E-state index contributed by atoms with van der Waals surface area (Å²) in [5, 5.41) is 3.32. The third-order valence-corrected chi connectivity index (χ3v) is 5.29. The quantitative estimate of drug-likeness (QED) is 0.551. The molecule has 0 aromatic heterocycles. The number of ether oxygens (including phenoxy) is 1. The van der Waals surface area contributed by atoms with Crippen molar-refractivity contribution in [2.24, 2.45) is 0 Å². The van der Waals surface area contributed by atoms with E-state index in [1.807, 2.05) is 0 Å². The van der Waals surface area contributed by atoms with Crippen molar-refractivity contribution >= 4 is 27.2 Å². The molecule has 0 bridgehead atoms. The first kappa shape index (κ1) is 16.7. The van der Waals surface area contributed by atoms with E-state index < -0.39 is 9.84 Å². The molecular formula is C13H25NO3S2. The molecule has 1 atom stereocenters. The molecule has 6 heteroatoms. The molecule has 1 aliphatic rings. The monoisotopic (exact) mass is 307 g/mol. The summed E-state index contributed by atoms with van der Waals surface area (Å²) in [7, 11) is -2.86. The molecule has 1 unspecified atom stereocenters. The number of unbranched alkanes of at least 4 members (excludes halogenated alkanes) is 5. The molecule has 1 N–H and O–H groups in total. The summed E-state index contributed by atoms with van der Waals surface area (Å²) in [4.78, 5) is 0. The summed E-state index contributed by atoms with van der Waals surface area (Å²) in [5.41, 5.74) is 0. The zero-order valence-corrected chi connectivity index (χ0v) is 13.3. The van der Waals surface area contributed by atoms with Crippen LogP contribution in [-0.4, -0.2) is 37.7 Å². The van der Waals surface area contributed by atoms with Gasteiger partial charge < -0.3 is 10.1 Å². The number of nitrogens with one attached hydrogen (secondary N) is 1. The summed E-state index contributed by atoms with van der Waals surface area (Å²) in [6.07, 6.45) is 7.90. The second-order valence-corrected chi connectivity index (χ2v) is 7.75. The Bertz CT molecular complexity index is 368. The number of hydrogen-bond donors (Lipinski definition) is 1. The van der Waals surface area contributed by atoms with E-state index in [0.29, 0.717) is 18.2 Å². The van der Waals surface area contributed by atoms with E-state index in [9.17, 15) is 8.42 Å². The van der Waals surface area contributed by atoms with Crippen LogP contribution in [-0.2, 0) is 14.6 Å². The van der Waals surface area contributed by atoms with Gasteiger partial charge in [-0.3, -0.25) is 0 Å². The van der Waals surface area contributed by atoms with Crippen LogP contribution in [0.15, 0.2) is 0 Å². The number of rotatable bonds is 8. The van der Waals surface area contributed by atoms with E-state index in [-0.39, 0.29) is 17.5 Å². The molecular weight excluding hydrogens is 282 g/mol. The highest BCUT2D eigenvalue weighted by molar-refractivity contribution is 7.91. The molecule has 0 spiro atoms. The molecule has 0 aliphatic carbocycles. The van der Waals surface area contributed by atoms with E-state index in [0.717, 1.165) is 6.42 Å². The highest BCUT2D eigenvalue weighted by Crippen LogP contribution is 2.11. The number of hydrogen-bond acceptors (Lipinski definition) is 4. The van der Waals surface area contributed by atoms with Gasteiger partial charge in [-0.2, -0.15) is 0 Å². The van der Waals surface area contributed by atoms with Gasteiger partial charge in [-0.1, -0.05) is 39.0 Å². The first-order valence-electron chi connectivity index (χ1n) is 7.17. The van der Waals surface area contributed by atoms with Crippen LogP contribution in [0.5, 0.6) is 0 Å². The van der Waals surface area contributed by atoms with E-state index in [2.05, 4.69) is 12.2 Å². The molecule has 4 nitrogen and oxygen atoms in total. The molecule has 0 aromatic rings. The lowest BCUT2D eigenvalue weighted by Crippen LogP contribution is -2.35. The summed E-state index contributed by atoms with van der Waals surface area (Å²) in [5.74, 6) is 0.429. The number of thiocarbonyl (C=S) groups is 1. The average molecular weight is 307 g/mol. The maximum atomic E-state index is 11.3. The molecule has 1 aliphatic heterocycles. The fraction of sp³-hybridized carbons (Fsp3) is 0.923. The lowest BCUT2D eigenvalue weighted by molar-refractivity contribution is 0.283. The van der Waals surface area contributed by atoms with Crippen molar-refractivity contribution in [3.63, 3.8) is 0 Å². The van der Waals surface area contributed by atoms with Gasteiger partial charge in [0.2, 0.25) is 0 Å². The molecule has 1 heterocycles. The van der Waals surface area contributed by atoms with E-state index in [4.69, 9.17) is 17.0 Å². The van der Waals surface area contributed by atoms with Gasteiger partial charge in [0.1, 0.15) is 0 Å². The van der Waals surface area contributed by atoms with Gasteiger partial charge in [-0.15, -0.1) is 0 Å². The largest absolute Gasteiger partial charge is 0.471 e. The molecule has 19 heavy (non-hydrogen) atoms. The van der Waals surface area contributed by atoms with Gasteiger partial charge in [-0.25, -0.2) is 8.42 Å². The summed E-state index contributed by atoms with van der Waals surface area (Å²) < 4.78 is 28.0. The van der Waals surface area contributed by atoms with Crippen molar-refractivity contribution in [2.45, 2.75) is 57.9 Å². The van der Waals surface area contributed by atoms with Crippen LogP contribution in [0.4, 0.5) is 0 Å².